The smallest absolute Gasteiger partial charge is 0.338 e. The Hall–Kier alpha value is -3.57. The van der Waals surface area contributed by atoms with Crippen LogP contribution >= 0.6 is 11.6 Å². The van der Waals surface area contributed by atoms with Gasteiger partial charge in [0.05, 0.1) is 11.9 Å². The minimum Gasteiger partial charge on any atom is -0.456 e. The molecule has 0 bridgehead atoms. The third-order valence-corrected chi connectivity index (χ3v) is 6.46. The Morgan fingerprint density at radius 3 is 2.46 bits per heavy atom. The first kappa shape index (κ1) is 23.2. The maximum absolute atomic E-state index is 12.8. The maximum atomic E-state index is 12.8. The second-order valence-corrected chi connectivity index (χ2v) is 8.71. The Morgan fingerprint density at radius 2 is 1.80 bits per heavy atom. The zero-order chi connectivity index (χ0) is 24.7. The second kappa shape index (κ2) is 8.90. The number of carbonyl (C=O) groups excluding carboxylic acids is 3. The molecule has 5 rings (SSSR count). The molecule has 2 aliphatic rings. The zero-order valence-corrected chi connectivity index (χ0v) is 19.5. The van der Waals surface area contributed by atoms with Crippen LogP contribution in [0.3, 0.4) is 0 Å². The Kier molecular flexibility index (Phi) is 5.89. The molecule has 0 N–H and O–H groups in total. The quantitative estimate of drug-likeness (QED) is 0.292. The number of imidazole rings is 1. The van der Waals surface area contributed by atoms with Gasteiger partial charge in [-0.3, -0.25) is 14.2 Å². The number of nitrogens with zero attached hydrogens (tertiary/aromatic N) is 4. The molecule has 11 nitrogen and oxygen atoms in total. The highest BCUT2D eigenvalue weighted by atomic mass is 35.5. The van der Waals surface area contributed by atoms with Gasteiger partial charge in [-0.1, -0.05) is 29.8 Å². The van der Waals surface area contributed by atoms with Crippen molar-refractivity contribution in [3.8, 4) is 0 Å². The first-order valence-corrected chi connectivity index (χ1v) is 11.3. The number of hydrogen-bond acceptors (Lipinski definition) is 10. The molecule has 2 aromatic heterocycles. The van der Waals surface area contributed by atoms with Gasteiger partial charge in [-0.25, -0.2) is 19.7 Å². The van der Waals surface area contributed by atoms with Crippen LogP contribution in [0.15, 0.2) is 43.0 Å². The van der Waals surface area contributed by atoms with E-state index >= 15 is 0 Å². The summed E-state index contributed by atoms with van der Waals surface area (Å²) in [7, 11) is 0. The zero-order valence-electron chi connectivity index (χ0n) is 18.8. The summed E-state index contributed by atoms with van der Waals surface area (Å²) in [4.78, 5) is 49.3. The predicted molar refractivity (Wildman–Crippen MR) is 119 cm³/mol. The van der Waals surface area contributed by atoms with E-state index in [0.29, 0.717) is 29.6 Å². The summed E-state index contributed by atoms with van der Waals surface area (Å²) in [5, 5.41) is 0.139. The average Bonchev–Trinajstić information content (AvgIpc) is 3.38. The van der Waals surface area contributed by atoms with Crippen LogP contribution in [0.2, 0.25) is 5.15 Å². The van der Waals surface area contributed by atoms with Crippen molar-refractivity contribution >= 4 is 40.7 Å². The lowest BCUT2D eigenvalue weighted by atomic mass is 9.72. The SMILES string of the molecule is CC(=O)OC1C(n2cnc3c(Cl)ncnc32)O[C@@]2(CC[C@H]2OC(=O)c2ccccc2)[C@@H]1OC(C)=O. The first-order chi connectivity index (χ1) is 16.8. The van der Waals surface area contributed by atoms with E-state index in [1.54, 1.807) is 30.3 Å². The van der Waals surface area contributed by atoms with Gasteiger partial charge in [0.2, 0.25) is 0 Å². The van der Waals surface area contributed by atoms with Gasteiger partial charge >= 0.3 is 17.9 Å². The molecule has 1 aromatic carbocycles. The molecule has 5 atom stereocenters. The topological polar surface area (TPSA) is 132 Å². The maximum Gasteiger partial charge on any atom is 0.338 e. The van der Waals surface area contributed by atoms with E-state index < -0.39 is 48.0 Å². The summed E-state index contributed by atoms with van der Waals surface area (Å²) in [6, 6.07) is 8.52. The van der Waals surface area contributed by atoms with Crippen molar-refractivity contribution in [2.75, 3.05) is 0 Å². The Bertz CT molecular complexity index is 1300. The molecule has 1 spiro atoms. The Morgan fingerprint density at radius 1 is 1.06 bits per heavy atom. The summed E-state index contributed by atoms with van der Waals surface area (Å²) in [5.41, 5.74) is -0.210. The first-order valence-electron chi connectivity index (χ1n) is 10.9. The molecular weight excluding hydrogens is 480 g/mol. The standard InChI is InChI=1S/C23H21ClN4O7/c1-12(29)32-17-18(33-13(2)30)23(9-8-15(23)34-22(31)14-6-4-3-5-7-14)35-21(17)28-11-27-16-19(24)25-10-26-20(16)28/h3-7,10-11,15,17-18,21H,8-9H2,1-2H3/t15-,17?,18-,21?,23-/m1/s1. The summed E-state index contributed by atoms with van der Waals surface area (Å²) in [5.74, 6) is -1.75. The van der Waals surface area contributed by atoms with Gasteiger partial charge in [0.15, 0.2) is 29.2 Å². The van der Waals surface area contributed by atoms with Crippen molar-refractivity contribution in [2.24, 2.45) is 0 Å². The lowest BCUT2D eigenvalue weighted by molar-refractivity contribution is -0.221. The van der Waals surface area contributed by atoms with Gasteiger partial charge in [-0.2, -0.15) is 0 Å². The lowest BCUT2D eigenvalue weighted by Crippen LogP contribution is -2.62. The molecule has 35 heavy (non-hydrogen) atoms. The Labute approximate surface area is 204 Å². The van der Waals surface area contributed by atoms with Crippen molar-refractivity contribution in [1.82, 2.24) is 19.5 Å². The second-order valence-electron chi connectivity index (χ2n) is 8.35. The molecule has 2 fully saturated rings. The van der Waals surface area contributed by atoms with E-state index in [-0.39, 0.29) is 5.15 Å². The van der Waals surface area contributed by atoms with E-state index in [2.05, 4.69) is 15.0 Å². The highest BCUT2D eigenvalue weighted by Crippen LogP contribution is 2.53. The van der Waals surface area contributed by atoms with E-state index in [4.69, 9.17) is 30.5 Å². The predicted octanol–water partition coefficient (Wildman–Crippen LogP) is 2.63. The van der Waals surface area contributed by atoms with Gasteiger partial charge in [-0.05, 0) is 25.0 Å². The highest BCUT2D eigenvalue weighted by Gasteiger charge is 2.68. The van der Waals surface area contributed by atoms with Crippen LogP contribution in [-0.4, -0.2) is 61.3 Å². The van der Waals surface area contributed by atoms with Crippen LogP contribution in [-0.2, 0) is 28.5 Å². The third-order valence-electron chi connectivity index (χ3n) is 6.19. The van der Waals surface area contributed by atoms with Gasteiger partial charge in [0.1, 0.15) is 23.5 Å². The summed E-state index contributed by atoms with van der Waals surface area (Å²) in [6.07, 6.45) is -0.297. The molecule has 3 heterocycles. The van der Waals surface area contributed by atoms with E-state index in [1.807, 2.05) is 0 Å². The molecular formula is C23H21ClN4O7. The molecule has 1 aliphatic carbocycles. The van der Waals surface area contributed by atoms with Crippen LogP contribution in [0.4, 0.5) is 0 Å². The molecule has 1 aliphatic heterocycles. The normalized spacial score (nSPS) is 27.4. The lowest BCUT2D eigenvalue weighted by Gasteiger charge is -2.47. The van der Waals surface area contributed by atoms with Crippen LogP contribution in [0.1, 0.15) is 43.3 Å². The monoisotopic (exact) mass is 500 g/mol. The number of carbonyl (C=O) groups is 3. The summed E-state index contributed by atoms with van der Waals surface area (Å²) in [6.45, 7) is 2.49. The average molecular weight is 501 g/mol. The number of rotatable bonds is 5. The number of ether oxygens (including phenoxy) is 4. The number of hydrogen-bond donors (Lipinski definition) is 0. The van der Waals surface area contributed by atoms with Crippen molar-refractivity contribution in [1.29, 1.82) is 0 Å². The number of fused-ring (bicyclic) bond motifs is 1. The van der Waals surface area contributed by atoms with Gasteiger partial charge in [0, 0.05) is 13.8 Å². The minimum atomic E-state index is -1.24. The van der Waals surface area contributed by atoms with Crippen molar-refractivity contribution in [3.05, 3.63) is 53.7 Å². The number of aromatic nitrogens is 4. The fourth-order valence-corrected chi connectivity index (χ4v) is 4.78. The van der Waals surface area contributed by atoms with Crippen molar-refractivity contribution in [3.63, 3.8) is 0 Å². The van der Waals surface area contributed by atoms with Crippen LogP contribution in [0, 0.1) is 0 Å². The molecule has 2 unspecified atom stereocenters. The molecule has 0 amide bonds. The molecule has 1 saturated carbocycles. The fourth-order valence-electron chi connectivity index (χ4n) is 4.61. The van der Waals surface area contributed by atoms with Gasteiger partial charge in [-0.15, -0.1) is 0 Å². The van der Waals surface area contributed by atoms with Gasteiger partial charge in [0.25, 0.3) is 0 Å². The summed E-state index contributed by atoms with van der Waals surface area (Å²) >= 11 is 6.15. The van der Waals surface area contributed by atoms with E-state index in [9.17, 15) is 14.4 Å². The number of halogens is 1. The highest BCUT2D eigenvalue weighted by molar-refractivity contribution is 6.33. The molecule has 182 valence electrons. The Balaban J connectivity index is 1.54. The molecule has 0 radical (unpaired) electrons. The third kappa shape index (κ3) is 4.00. The van der Waals surface area contributed by atoms with Crippen molar-refractivity contribution < 1.29 is 33.3 Å². The van der Waals surface area contributed by atoms with Crippen molar-refractivity contribution in [2.45, 2.75) is 56.8 Å². The largest absolute Gasteiger partial charge is 0.456 e. The number of benzene rings is 1. The van der Waals surface area contributed by atoms with E-state index in [1.165, 1.54) is 31.1 Å². The molecule has 1 saturated heterocycles. The van der Waals surface area contributed by atoms with E-state index in [0.717, 1.165) is 0 Å². The fraction of sp³-hybridized carbons (Fsp3) is 0.391. The van der Waals surface area contributed by atoms with Crippen LogP contribution < -0.4 is 0 Å². The van der Waals surface area contributed by atoms with Gasteiger partial charge < -0.3 is 18.9 Å². The summed E-state index contributed by atoms with van der Waals surface area (Å²) < 4.78 is 25.0. The van der Waals surface area contributed by atoms with Crippen LogP contribution in [0.5, 0.6) is 0 Å². The minimum absolute atomic E-state index is 0.139. The van der Waals surface area contributed by atoms with Crippen LogP contribution in [0.25, 0.3) is 11.2 Å². The number of esters is 3. The molecule has 3 aromatic rings. The molecule has 12 heteroatoms.